The van der Waals surface area contributed by atoms with Gasteiger partial charge in [-0.25, -0.2) is 9.97 Å². The second-order valence-corrected chi connectivity index (χ2v) is 5.07. The molecule has 0 bridgehead atoms. The number of anilines is 1. The molecule has 21 heavy (non-hydrogen) atoms. The van der Waals surface area contributed by atoms with Gasteiger partial charge >= 0.3 is 0 Å². The summed E-state index contributed by atoms with van der Waals surface area (Å²) in [5.74, 6) is 1.47. The van der Waals surface area contributed by atoms with Crippen LogP contribution in [0.1, 0.15) is 0 Å². The first kappa shape index (κ1) is 13.8. The first-order valence-corrected chi connectivity index (χ1v) is 7.12. The van der Waals surface area contributed by atoms with Crippen LogP contribution in [0.2, 0.25) is 5.02 Å². The molecular weight excluding hydrogens is 284 g/mol. The first-order valence-electron chi connectivity index (χ1n) is 6.74. The SMILES string of the molecule is NCCNc1nc(-c2ccc(Cl)cc2)nc2ccccc12. The highest BCUT2D eigenvalue weighted by molar-refractivity contribution is 6.30. The Morgan fingerprint density at radius 3 is 2.52 bits per heavy atom. The molecule has 5 heteroatoms. The van der Waals surface area contributed by atoms with E-state index >= 15 is 0 Å². The quantitative estimate of drug-likeness (QED) is 0.775. The van der Waals surface area contributed by atoms with Crippen molar-refractivity contribution in [3.05, 3.63) is 53.6 Å². The lowest BCUT2D eigenvalue weighted by Gasteiger charge is -2.10. The summed E-state index contributed by atoms with van der Waals surface area (Å²) in [5, 5.41) is 4.94. The van der Waals surface area contributed by atoms with E-state index in [-0.39, 0.29) is 0 Å². The molecule has 0 saturated carbocycles. The van der Waals surface area contributed by atoms with E-state index in [4.69, 9.17) is 17.3 Å². The molecule has 0 aliphatic rings. The number of benzene rings is 2. The predicted molar refractivity (Wildman–Crippen MR) is 87.5 cm³/mol. The molecule has 0 radical (unpaired) electrons. The maximum absolute atomic E-state index is 5.93. The van der Waals surface area contributed by atoms with Crippen LogP contribution in [0.3, 0.4) is 0 Å². The summed E-state index contributed by atoms with van der Waals surface area (Å²) in [6.45, 7) is 1.22. The van der Waals surface area contributed by atoms with Gasteiger partial charge < -0.3 is 11.1 Å². The van der Waals surface area contributed by atoms with Gasteiger partial charge in [-0.1, -0.05) is 23.7 Å². The Balaban J connectivity index is 2.12. The summed E-state index contributed by atoms with van der Waals surface area (Å²) in [6, 6.07) is 15.4. The fourth-order valence-corrected chi connectivity index (χ4v) is 2.26. The normalized spacial score (nSPS) is 10.8. The lowest BCUT2D eigenvalue weighted by molar-refractivity contribution is 1.01. The van der Waals surface area contributed by atoms with Crippen molar-refractivity contribution >= 4 is 28.3 Å². The van der Waals surface area contributed by atoms with Crippen molar-refractivity contribution in [2.45, 2.75) is 0 Å². The largest absolute Gasteiger partial charge is 0.368 e. The van der Waals surface area contributed by atoms with Crippen LogP contribution in [0, 0.1) is 0 Å². The van der Waals surface area contributed by atoms with Gasteiger partial charge in [-0.3, -0.25) is 0 Å². The van der Waals surface area contributed by atoms with Crippen LogP contribution in [-0.2, 0) is 0 Å². The molecule has 106 valence electrons. The molecule has 2 aromatic carbocycles. The monoisotopic (exact) mass is 298 g/mol. The zero-order valence-electron chi connectivity index (χ0n) is 11.4. The second kappa shape index (κ2) is 6.08. The van der Waals surface area contributed by atoms with Gasteiger partial charge in [0.15, 0.2) is 5.82 Å². The number of hydrogen-bond acceptors (Lipinski definition) is 4. The lowest BCUT2D eigenvalue weighted by Crippen LogP contribution is -2.14. The molecule has 4 nitrogen and oxygen atoms in total. The smallest absolute Gasteiger partial charge is 0.162 e. The van der Waals surface area contributed by atoms with E-state index in [1.807, 2.05) is 48.5 Å². The number of nitrogens with one attached hydrogen (secondary N) is 1. The summed E-state index contributed by atoms with van der Waals surface area (Å²) < 4.78 is 0. The van der Waals surface area contributed by atoms with Crippen LogP contribution in [0.4, 0.5) is 5.82 Å². The molecule has 3 aromatic rings. The number of nitrogens with two attached hydrogens (primary N) is 1. The van der Waals surface area contributed by atoms with Crippen LogP contribution in [0.25, 0.3) is 22.3 Å². The maximum Gasteiger partial charge on any atom is 0.162 e. The highest BCUT2D eigenvalue weighted by atomic mass is 35.5. The third-order valence-corrected chi connectivity index (χ3v) is 3.39. The van der Waals surface area contributed by atoms with Crippen LogP contribution in [0.15, 0.2) is 48.5 Å². The zero-order chi connectivity index (χ0) is 14.7. The number of nitrogens with zero attached hydrogens (tertiary/aromatic N) is 2. The molecule has 0 aliphatic carbocycles. The maximum atomic E-state index is 5.93. The van der Waals surface area contributed by atoms with Gasteiger partial charge in [0, 0.05) is 29.1 Å². The highest BCUT2D eigenvalue weighted by Crippen LogP contribution is 2.25. The molecular formula is C16H15ClN4. The van der Waals surface area contributed by atoms with Gasteiger partial charge in [0.1, 0.15) is 5.82 Å². The van der Waals surface area contributed by atoms with Crippen LogP contribution >= 0.6 is 11.6 Å². The summed E-state index contributed by atoms with van der Waals surface area (Å²) in [7, 11) is 0. The predicted octanol–water partition coefficient (Wildman–Crippen LogP) is 3.32. The molecule has 3 N–H and O–H groups in total. The molecule has 0 amide bonds. The van der Waals surface area contributed by atoms with Crippen molar-refractivity contribution in [1.82, 2.24) is 9.97 Å². The van der Waals surface area contributed by atoms with E-state index < -0.39 is 0 Å². The standard InChI is InChI=1S/C16H15ClN4/c17-12-7-5-11(6-8-12)15-20-14-4-2-1-3-13(14)16(21-15)19-10-9-18/h1-8H,9-10,18H2,(H,19,20,21). The van der Waals surface area contributed by atoms with E-state index in [2.05, 4.69) is 15.3 Å². The fourth-order valence-electron chi connectivity index (χ4n) is 2.13. The summed E-state index contributed by atoms with van der Waals surface area (Å²) in [5.41, 5.74) is 7.40. The van der Waals surface area contributed by atoms with Crippen molar-refractivity contribution < 1.29 is 0 Å². The van der Waals surface area contributed by atoms with Crippen molar-refractivity contribution in [2.24, 2.45) is 5.73 Å². The second-order valence-electron chi connectivity index (χ2n) is 4.64. The van der Waals surface area contributed by atoms with Gasteiger partial charge in [0.2, 0.25) is 0 Å². The molecule has 0 unspecified atom stereocenters. The van der Waals surface area contributed by atoms with Gasteiger partial charge in [-0.2, -0.15) is 0 Å². The number of fused-ring (bicyclic) bond motifs is 1. The minimum Gasteiger partial charge on any atom is -0.368 e. The van der Waals surface area contributed by atoms with E-state index in [0.717, 1.165) is 22.3 Å². The topological polar surface area (TPSA) is 63.8 Å². The van der Waals surface area contributed by atoms with Crippen molar-refractivity contribution in [2.75, 3.05) is 18.4 Å². The number of halogens is 1. The highest BCUT2D eigenvalue weighted by Gasteiger charge is 2.08. The number of hydrogen-bond donors (Lipinski definition) is 2. The summed E-state index contributed by atoms with van der Waals surface area (Å²) in [4.78, 5) is 9.24. The number of aromatic nitrogens is 2. The molecule has 0 fully saturated rings. The minimum absolute atomic E-state index is 0.550. The van der Waals surface area contributed by atoms with Crippen LogP contribution in [-0.4, -0.2) is 23.1 Å². The molecule has 0 atom stereocenters. The molecule has 0 aliphatic heterocycles. The van der Waals surface area contributed by atoms with Crippen molar-refractivity contribution in [3.8, 4) is 11.4 Å². The molecule has 3 rings (SSSR count). The van der Waals surface area contributed by atoms with Crippen LogP contribution < -0.4 is 11.1 Å². The zero-order valence-corrected chi connectivity index (χ0v) is 12.1. The Morgan fingerprint density at radius 2 is 1.76 bits per heavy atom. The minimum atomic E-state index is 0.550. The Bertz CT molecular complexity index is 756. The van der Waals surface area contributed by atoms with Crippen molar-refractivity contribution in [3.63, 3.8) is 0 Å². The van der Waals surface area contributed by atoms with E-state index in [1.54, 1.807) is 0 Å². The summed E-state index contributed by atoms with van der Waals surface area (Å²) >= 11 is 5.93. The van der Waals surface area contributed by atoms with Crippen molar-refractivity contribution in [1.29, 1.82) is 0 Å². The molecule has 0 saturated heterocycles. The third-order valence-electron chi connectivity index (χ3n) is 3.14. The Hall–Kier alpha value is -2.17. The van der Waals surface area contributed by atoms with Gasteiger partial charge in [-0.05, 0) is 36.4 Å². The van der Waals surface area contributed by atoms with Crippen LogP contribution in [0.5, 0.6) is 0 Å². The van der Waals surface area contributed by atoms with E-state index in [9.17, 15) is 0 Å². The number of para-hydroxylation sites is 1. The van der Waals surface area contributed by atoms with Gasteiger partial charge in [-0.15, -0.1) is 0 Å². The van der Waals surface area contributed by atoms with Gasteiger partial charge in [0.05, 0.1) is 5.52 Å². The average Bonchev–Trinajstić information content (AvgIpc) is 2.53. The molecule has 1 heterocycles. The Morgan fingerprint density at radius 1 is 1.00 bits per heavy atom. The fraction of sp³-hybridized carbons (Fsp3) is 0.125. The first-order chi connectivity index (χ1) is 10.3. The molecule has 1 aromatic heterocycles. The Kier molecular flexibility index (Phi) is 3.99. The average molecular weight is 299 g/mol. The van der Waals surface area contributed by atoms with Gasteiger partial charge in [0.25, 0.3) is 0 Å². The Labute approximate surface area is 128 Å². The molecule has 0 spiro atoms. The lowest BCUT2D eigenvalue weighted by atomic mass is 10.2. The summed E-state index contributed by atoms with van der Waals surface area (Å²) in [6.07, 6.45) is 0. The van der Waals surface area contributed by atoms with E-state index in [0.29, 0.717) is 23.9 Å². The van der Waals surface area contributed by atoms with E-state index in [1.165, 1.54) is 0 Å². The number of rotatable bonds is 4. The third kappa shape index (κ3) is 2.96.